The van der Waals surface area contributed by atoms with Gasteiger partial charge in [0, 0.05) is 6.08 Å². The van der Waals surface area contributed by atoms with Crippen LogP contribution in [-0.2, 0) is 4.79 Å². The summed E-state index contributed by atoms with van der Waals surface area (Å²) in [5, 5.41) is 17.5. The van der Waals surface area contributed by atoms with Crippen LogP contribution in [0.1, 0.15) is 11.1 Å². The van der Waals surface area contributed by atoms with Crippen LogP contribution in [0.2, 0.25) is 0 Å². The fourth-order valence-corrected chi connectivity index (χ4v) is 1.85. The first kappa shape index (κ1) is 13.5. The lowest BCUT2D eigenvalue weighted by Gasteiger charge is -2.07. The quantitative estimate of drug-likeness (QED) is 0.508. The van der Waals surface area contributed by atoms with Crippen molar-refractivity contribution in [1.29, 1.82) is 5.26 Å². The Morgan fingerprint density at radius 1 is 1.20 bits per heavy atom. The molecule has 0 heterocycles. The molecule has 0 radical (unpaired) electrons. The molecule has 2 aromatic rings. The minimum absolute atomic E-state index is 0.508. The fraction of sp³-hybridized carbons (Fsp3) is 0. The van der Waals surface area contributed by atoms with Crippen molar-refractivity contribution >= 4 is 12.0 Å². The van der Waals surface area contributed by atoms with Crippen LogP contribution in [0, 0.1) is 11.3 Å². The predicted molar refractivity (Wildman–Crippen MR) is 75.6 cm³/mol. The van der Waals surface area contributed by atoms with Gasteiger partial charge in [0.05, 0.1) is 11.6 Å². The Bertz CT molecular complexity index is 685. The molecule has 0 aliphatic heterocycles. The van der Waals surface area contributed by atoms with Gasteiger partial charge in [0.2, 0.25) is 0 Å². The summed E-state index contributed by atoms with van der Waals surface area (Å²) in [4.78, 5) is 11.1. The smallest absolute Gasteiger partial charge is 0.267 e. The number of hydrogen-bond donors (Lipinski definition) is 2. The van der Waals surface area contributed by atoms with Gasteiger partial charge in [-0.2, -0.15) is 5.26 Å². The number of nitrogens with one attached hydrogen (secondary N) is 1. The topological polar surface area (TPSA) is 73.1 Å². The first-order chi connectivity index (χ1) is 9.74. The van der Waals surface area contributed by atoms with Crippen LogP contribution < -0.4 is 5.48 Å². The molecule has 2 N–H and O–H groups in total. The Morgan fingerprint density at radius 3 is 2.60 bits per heavy atom. The zero-order valence-corrected chi connectivity index (χ0v) is 10.6. The molecule has 0 atom stereocenters. The minimum Gasteiger partial charge on any atom is -0.288 e. The number of nitrogens with zero attached hydrogens (tertiary/aromatic N) is 1. The van der Waals surface area contributed by atoms with Crippen molar-refractivity contribution in [2.24, 2.45) is 0 Å². The van der Waals surface area contributed by atoms with Crippen molar-refractivity contribution in [2.75, 3.05) is 0 Å². The molecule has 0 unspecified atom stereocenters. The van der Waals surface area contributed by atoms with Gasteiger partial charge in [0.15, 0.2) is 0 Å². The summed E-state index contributed by atoms with van der Waals surface area (Å²) in [6.07, 6.45) is 2.78. The van der Waals surface area contributed by atoms with Crippen LogP contribution in [0.15, 0.2) is 54.6 Å². The molecule has 0 spiro atoms. The molecule has 2 aromatic carbocycles. The molecular weight excluding hydrogens is 252 g/mol. The molecule has 20 heavy (non-hydrogen) atoms. The van der Waals surface area contributed by atoms with E-state index in [4.69, 9.17) is 10.5 Å². The summed E-state index contributed by atoms with van der Waals surface area (Å²) in [5.74, 6) is -0.619. The van der Waals surface area contributed by atoms with Crippen LogP contribution in [0.25, 0.3) is 17.2 Å². The molecule has 0 saturated carbocycles. The van der Waals surface area contributed by atoms with E-state index in [0.29, 0.717) is 5.56 Å². The second-order valence-corrected chi connectivity index (χ2v) is 4.09. The molecule has 0 aliphatic rings. The first-order valence-corrected chi connectivity index (χ1v) is 5.96. The number of hydroxylamine groups is 1. The van der Waals surface area contributed by atoms with Gasteiger partial charge in [0.25, 0.3) is 5.91 Å². The lowest BCUT2D eigenvalue weighted by molar-refractivity contribution is -0.124. The Labute approximate surface area is 116 Å². The summed E-state index contributed by atoms with van der Waals surface area (Å²) in [6.45, 7) is 0. The van der Waals surface area contributed by atoms with Crippen molar-refractivity contribution in [3.63, 3.8) is 0 Å². The van der Waals surface area contributed by atoms with Gasteiger partial charge in [-0.1, -0.05) is 36.4 Å². The zero-order chi connectivity index (χ0) is 14.4. The number of carbonyl (C=O) groups is 1. The molecule has 4 heteroatoms. The van der Waals surface area contributed by atoms with Crippen molar-refractivity contribution in [1.82, 2.24) is 5.48 Å². The van der Waals surface area contributed by atoms with Gasteiger partial charge >= 0.3 is 0 Å². The third-order valence-electron chi connectivity index (χ3n) is 2.79. The van der Waals surface area contributed by atoms with Crippen LogP contribution in [-0.4, -0.2) is 11.1 Å². The molecule has 0 aromatic heterocycles. The largest absolute Gasteiger partial charge is 0.288 e. The van der Waals surface area contributed by atoms with Gasteiger partial charge in [-0.25, -0.2) is 5.48 Å². The first-order valence-electron chi connectivity index (χ1n) is 5.96. The van der Waals surface area contributed by atoms with Crippen LogP contribution >= 0.6 is 0 Å². The van der Waals surface area contributed by atoms with E-state index < -0.39 is 5.91 Å². The van der Waals surface area contributed by atoms with E-state index in [1.54, 1.807) is 18.2 Å². The summed E-state index contributed by atoms with van der Waals surface area (Å²) in [6, 6.07) is 17.0. The molecule has 0 bridgehead atoms. The Kier molecular flexibility index (Phi) is 4.28. The van der Waals surface area contributed by atoms with Gasteiger partial charge < -0.3 is 0 Å². The van der Waals surface area contributed by atoms with E-state index in [1.165, 1.54) is 11.6 Å². The van der Waals surface area contributed by atoms with E-state index in [0.717, 1.165) is 16.7 Å². The SMILES string of the molecule is N#Cc1ccc(-c2ccccc2)c(C=CC(=O)NO)c1. The van der Waals surface area contributed by atoms with Gasteiger partial charge in [-0.15, -0.1) is 0 Å². The van der Waals surface area contributed by atoms with E-state index in [1.807, 2.05) is 36.4 Å². The molecule has 0 aliphatic carbocycles. The zero-order valence-electron chi connectivity index (χ0n) is 10.6. The molecule has 0 fully saturated rings. The van der Waals surface area contributed by atoms with Crippen molar-refractivity contribution in [2.45, 2.75) is 0 Å². The molecular formula is C16H12N2O2. The van der Waals surface area contributed by atoms with Gasteiger partial charge in [-0.3, -0.25) is 10.0 Å². The van der Waals surface area contributed by atoms with Crippen LogP contribution in [0.4, 0.5) is 0 Å². The summed E-state index contributed by atoms with van der Waals surface area (Å²) in [5.41, 5.74) is 4.67. The van der Waals surface area contributed by atoms with E-state index in [-0.39, 0.29) is 0 Å². The third kappa shape index (κ3) is 3.10. The number of amides is 1. The van der Waals surface area contributed by atoms with Crippen molar-refractivity contribution in [3.05, 3.63) is 65.7 Å². The summed E-state index contributed by atoms with van der Waals surface area (Å²) in [7, 11) is 0. The highest BCUT2D eigenvalue weighted by atomic mass is 16.5. The average Bonchev–Trinajstić information content (AvgIpc) is 2.53. The summed E-state index contributed by atoms with van der Waals surface area (Å²) >= 11 is 0. The maximum atomic E-state index is 11.1. The highest BCUT2D eigenvalue weighted by Crippen LogP contribution is 2.25. The van der Waals surface area contributed by atoms with E-state index >= 15 is 0 Å². The lowest BCUT2D eigenvalue weighted by Crippen LogP contribution is -2.14. The Hall–Kier alpha value is -2.90. The summed E-state index contributed by atoms with van der Waals surface area (Å²) < 4.78 is 0. The van der Waals surface area contributed by atoms with Crippen LogP contribution in [0.3, 0.4) is 0 Å². The average molecular weight is 264 g/mol. The molecule has 4 nitrogen and oxygen atoms in total. The number of rotatable bonds is 3. The predicted octanol–water partition coefficient (Wildman–Crippen LogP) is 2.74. The normalized spacial score (nSPS) is 10.2. The third-order valence-corrected chi connectivity index (χ3v) is 2.79. The standard InChI is InChI=1S/C16H12N2O2/c17-11-12-6-8-15(13-4-2-1-3-5-13)14(10-12)7-9-16(19)18-20/h1-10,20H,(H,18,19). The molecule has 0 saturated heterocycles. The number of carbonyl (C=O) groups excluding carboxylic acids is 1. The lowest BCUT2D eigenvalue weighted by atomic mass is 9.97. The van der Waals surface area contributed by atoms with Gasteiger partial charge in [0.1, 0.15) is 0 Å². The Balaban J connectivity index is 2.49. The van der Waals surface area contributed by atoms with Crippen molar-refractivity contribution < 1.29 is 10.0 Å². The maximum absolute atomic E-state index is 11.1. The van der Waals surface area contributed by atoms with Crippen molar-refractivity contribution in [3.8, 4) is 17.2 Å². The Morgan fingerprint density at radius 2 is 1.95 bits per heavy atom. The minimum atomic E-state index is -0.619. The van der Waals surface area contributed by atoms with E-state index in [2.05, 4.69) is 6.07 Å². The molecule has 98 valence electrons. The monoisotopic (exact) mass is 264 g/mol. The number of nitriles is 1. The van der Waals surface area contributed by atoms with Crippen LogP contribution in [0.5, 0.6) is 0 Å². The fourth-order valence-electron chi connectivity index (χ4n) is 1.85. The number of benzene rings is 2. The van der Waals surface area contributed by atoms with Gasteiger partial charge in [-0.05, 0) is 34.9 Å². The van der Waals surface area contributed by atoms with E-state index in [9.17, 15) is 4.79 Å². The second kappa shape index (κ2) is 6.32. The maximum Gasteiger partial charge on any atom is 0.267 e. The molecule has 1 amide bonds. The highest BCUT2D eigenvalue weighted by molar-refractivity contribution is 5.92. The number of hydrogen-bond acceptors (Lipinski definition) is 3. The second-order valence-electron chi connectivity index (χ2n) is 4.09. The molecule has 2 rings (SSSR count). The highest BCUT2D eigenvalue weighted by Gasteiger charge is 2.04.